The van der Waals surface area contributed by atoms with Crippen molar-refractivity contribution < 1.29 is 18.0 Å². The van der Waals surface area contributed by atoms with Crippen molar-refractivity contribution >= 4 is 5.91 Å². The van der Waals surface area contributed by atoms with Crippen LogP contribution in [-0.2, 0) is 4.79 Å². The number of carbonyl (C=O) groups is 1. The Labute approximate surface area is 73.7 Å². The number of terminal acetylenes is 2. The van der Waals surface area contributed by atoms with Crippen LogP contribution in [0.5, 0.6) is 0 Å². The minimum Gasteiger partial charge on any atom is -0.313 e. The SMILES string of the molecule is C#CCN(CC#C)C(=O)C(F)(F)F. The Hall–Kier alpha value is -1.62. The minimum atomic E-state index is -4.92. The summed E-state index contributed by atoms with van der Waals surface area (Å²) in [5.74, 6) is 1.82. The van der Waals surface area contributed by atoms with E-state index < -0.39 is 25.2 Å². The predicted molar refractivity (Wildman–Crippen MR) is 40.3 cm³/mol. The molecule has 0 aromatic rings. The summed E-state index contributed by atoms with van der Waals surface area (Å²) >= 11 is 0. The fourth-order valence-corrected chi connectivity index (χ4v) is 0.599. The molecule has 0 atom stereocenters. The molecule has 0 bridgehead atoms. The second kappa shape index (κ2) is 4.42. The van der Waals surface area contributed by atoms with Gasteiger partial charge >= 0.3 is 12.1 Å². The zero-order valence-electron chi connectivity index (χ0n) is 6.56. The molecule has 0 heterocycles. The van der Waals surface area contributed by atoms with Crippen molar-refractivity contribution in [1.82, 2.24) is 4.90 Å². The Morgan fingerprint density at radius 3 is 1.85 bits per heavy atom. The Balaban J connectivity index is 4.50. The lowest BCUT2D eigenvalue weighted by Gasteiger charge is -2.18. The molecule has 0 aliphatic carbocycles. The first-order chi connectivity index (χ1) is 5.93. The van der Waals surface area contributed by atoms with Gasteiger partial charge in [-0.2, -0.15) is 13.2 Å². The summed E-state index contributed by atoms with van der Waals surface area (Å²) in [6.45, 7) is -0.884. The van der Waals surface area contributed by atoms with Crippen LogP contribution in [0.15, 0.2) is 0 Å². The number of halogens is 3. The van der Waals surface area contributed by atoms with E-state index in [9.17, 15) is 18.0 Å². The Morgan fingerprint density at radius 2 is 1.62 bits per heavy atom. The molecule has 0 saturated carbocycles. The molecule has 70 valence electrons. The number of carbonyl (C=O) groups excluding carboxylic acids is 1. The Morgan fingerprint density at radius 1 is 1.23 bits per heavy atom. The quantitative estimate of drug-likeness (QED) is 0.584. The number of nitrogens with zero attached hydrogens (tertiary/aromatic N) is 1. The van der Waals surface area contributed by atoms with Crippen molar-refractivity contribution in [3.8, 4) is 24.7 Å². The number of hydrogen-bond acceptors (Lipinski definition) is 1. The maximum atomic E-state index is 11.8. The van der Waals surface area contributed by atoms with E-state index in [1.165, 1.54) is 0 Å². The van der Waals surface area contributed by atoms with Crippen LogP contribution >= 0.6 is 0 Å². The van der Waals surface area contributed by atoms with E-state index in [2.05, 4.69) is 0 Å². The van der Waals surface area contributed by atoms with Crippen molar-refractivity contribution in [3.63, 3.8) is 0 Å². The topological polar surface area (TPSA) is 20.3 Å². The van der Waals surface area contributed by atoms with E-state index in [4.69, 9.17) is 12.8 Å². The second-order valence-electron chi connectivity index (χ2n) is 2.07. The van der Waals surface area contributed by atoms with Crippen molar-refractivity contribution in [2.24, 2.45) is 0 Å². The summed E-state index contributed by atoms with van der Waals surface area (Å²) in [5, 5.41) is 0. The van der Waals surface area contributed by atoms with Gasteiger partial charge in [0.2, 0.25) is 0 Å². The van der Waals surface area contributed by atoms with Crippen LogP contribution in [0.4, 0.5) is 13.2 Å². The molecule has 0 aromatic heterocycles. The smallest absolute Gasteiger partial charge is 0.313 e. The van der Waals surface area contributed by atoms with E-state index in [1.54, 1.807) is 0 Å². The van der Waals surface area contributed by atoms with Crippen LogP contribution in [0.2, 0.25) is 0 Å². The molecule has 0 aliphatic rings. The van der Waals surface area contributed by atoms with E-state index in [-0.39, 0.29) is 0 Å². The van der Waals surface area contributed by atoms with Gasteiger partial charge in [0.25, 0.3) is 0 Å². The molecule has 13 heavy (non-hydrogen) atoms. The number of alkyl halides is 3. The van der Waals surface area contributed by atoms with Gasteiger partial charge in [0.1, 0.15) is 0 Å². The monoisotopic (exact) mass is 189 g/mol. The molecule has 0 aromatic carbocycles. The van der Waals surface area contributed by atoms with E-state index in [0.717, 1.165) is 0 Å². The van der Waals surface area contributed by atoms with Crippen LogP contribution in [0, 0.1) is 24.7 Å². The highest BCUT2D eigenvalue weighted by atomic mass is 19.4. The lowest BCUT2D eigenvalue weighted by molar-refractivity contribution is -0.184. The second-order valence-corrected chi connectivity index (χ2v) is 2.07. The molecule has 0 aliphatic heterocycles. The van der Waals surface area contributed by atoms with E-state index in [1.807, 2.05) is 11.8 Å². The minimum absolute atomic E-state index is 0.375. The molecule has 0 radical (unpaired) electrons. The van der Waals surface area contributed by atoms with Gasteiger partial charge in [0, 0.05) is 0 Å². The van der Waals surface area contributed by atoms with Gasteiger partial charge in [-0.1, -0.05) is 11.8 Å². The van der Waals surface area contributed by atoms with Gasteiger partial charge in [-0.15, -0.1) is 12.8 Å². The molecule has 2 nitrogen and oxygen atoms in total. The van der Waals surface area contributed by atoms with E-state index >= 15 is 0 Å². The van der Waals surface area contributed by atoms with E-state index in [0.29, 0.717) is 4.90 Å². The van der Waals surface area contributed by atoms with Crippen LogP contribution in [0.3, 0.4) is 0 Å². The third-order valence-electron chi connectivity index (χ3n) is 1.09. The molecule has 0 saturated heterocycles. The maximum Gasteiger partial charge on any atom is 0.471 e. The highest BCUT2D eigenvalue weighted by Crippen LogP contribution is 2.17. The zero-order chi connectivity index (χ0) is 10.5. The lowest BCUT2D eigenvalue weighted by atomic mass is 10.4. The molecule has 0 unspecified atom stereocenters. The molecule has 5 heteroatoms. The van der Waals surface area contributed by atoms with Crippen LogP contribution in [-0.4, -0.2) is 30.1 Å². The normalized spacial score (nSPS) is 9.92. The summed E-state index contributed by atoms with van der Waals surface area (Å²) < 4.78 is 35.5. The first kappa shape index (κ1) is 11.4. The lowest BCUT2D eigenvalue weighted by Crippen LogP contribution is -2.41. The third-order valence-corrected chi connectivity index (χ3v) is 1.09. The van der Waals surface area contributed by atoms with Gasteiger partial charge in [-0.3, -0.25) is 4.79 Å². The molecule has 0 N–H and O–H groups in total. The molecular weight excluding hydrogens is 183 g/mol. The number of amides is 1. The molecule has 0 fully saturated rings. The van der Waals surface area contributed by atoms with Gasteiger partial charge in [-0.05, 0) is 0 Å². The van der Waals surface area contributed by atoms with Gasteiger partial charge in [0.15, 0.2) is 0 Å². The first-order valence-corrected chi connectivity index (χ1v) is 3.16. The fourth-order valence-electron chi connectivity index (χ4n) is 0.599. The van der Waals surface area contributed by atoms with Crippen molar-refractivity contribution in [2.45, 2.75) is 6.18 Å². The molecule has 1 amide bonds. The van der Waals surface area contributed by atoms with Crippen LogP contribution in [0.25, 0.3) is 0 Å². The molecule has 0 rings (SSSR count). The van der Waals surface area contributed by atoms with Crippen LogP contribution in [0.1, 0.15) is 0 Å². The number of hydrogen-bond donors (Lipinski definition) is 0. The average molecular weight is 189 g/mol. The van der Waals surface area contributed by atoms with Crippen molar-refractivity contribution in [3.05, 3.63) is 0 Å². The fraction of sp³-hybridized carbons (Fsp3) is 0.375. The highest BCUT2D eigenvalue weighted by molar-refractivity contribution is 5.82. The Bertz CT molecular complexity index is 253. The summed E-state index contributed by atoms with van der Waals surface area (Å²) in [6.07, 6.45) is 4.60. The highest BCUT2D eigenvalue weighted by Gasteiger charge is 2.41. The largest absolute Gasteiger partial charge is 0.471 e. The summed E-state index contributed by atoms with van der Waals surface area (Å²) in [6, 6.07) is 0. The summed E-state index contributed by atoms with van der Waals surface area (Å²) in [7, 11) is 0. The predicted octanol–water partition coefficient (Wildman–Crippen LogP) is 0.644. The van der Waals surface area contributed by atoms with Gasteiger partial charge in [0.05, 0.1) is 13.1 Å². The maximum absolute atomic E-state index is 11.8. The van der Waals surface area contributed by atoms with Crippen LogP contribution < -0.4 is 0 Å². The van der Waals surface area contributed by atoms with Crippen molar-refractivity contribution in [1.29, 1.82) is 0 Å². The molecular formula is C8H6F3NO. The first-order valence-electron chi connectivity index (χ1n) is 3.16. The molecule has 0 spiro atoms. The van der Waals surface area contributed by atoms with Gasteiger partial charge < -0.3 is 4.90 Å². The number of rotatable bonds is 2. The summed E-state index contributed by atoms with van der Waals surface area (Å²) in [5.41, 5.74) is 0. The Kier molecular flexibility index (Phi) is 3.87. The average Bonchev–Trinajstić information content (AvgIpc) is 2.01. The van der Waals surface area contributed by atoms with Crippen molar-refractivity contribution in [2.75, 3.05) is 13.1 Å². The zero-order valence-corrected chi connectivity index (χ0v) is 6.56. The summed E-state index contributed by atoms with van der Waals surface area (Å²) in [4.78, 5) is 10.9. The van der Waals surface area contributed by atoms with Gasteiger partial charge in [-0.25, -0.2) is 0 Å². The third kappa shape index (κ3) is 3.53. The standard InChI is InChI=1S/C8H6F3NO/c1-3-5-12(6-4-2)7(13)8(9,10)11/h1-2H,5-6H2.